The van der Waals surface area contributed by atoms with Crippen molar-refractivity contribution in [3.05, 3.63) is 42.1 Å². The van der Waals surface area contributed by atoms with E-state index in [0.717, 1.165) is 25.1 Å². The Bertz CT molecular complexity index is 1060. The van der Waals surface area contributed by atoms with Gasteiger partial charge in [0.15, 0.2) is 11.5 Å². The van der Waals surface area contributed by atoms with Gasteiger partial charge in [0.25, 0.3) is 0 Å². The van der Waals surface area contributed by atoms with Crippen molar-refractivity contribution in [1.29, 1.82) is 0 Å². The standard InChI is InChI=1S/C24H29N5O5/c1-16-4-2-6-21(25-16)27-23(31)17-5-3-10-29(15-17)11-9-22(30)28-24(32)26-18-7-8-19-20(14-18)34-13-12-33-19/h2,4,6-8,14,17H,3,5,9-13,15H2,1H3,(H,25,27,31)(H2,26,28,30,32). The van der Waals surface area contributed by atoms with Crippen LogP contribution in [0.2, 0.25) is 0 Å². The minimum absolute atomic E-state index is 0.0638. The summed E-state index contributed by atoms with van der Waals surface area (Å²) in [7, 11) is 0. The van der Waals surface area contributed by atoms with E-state index in [2.05, 4.69) is 25.8 Å². The molecule has 1 aromatic carbocycles. The molecule has 1 unspecified atom stereocenters. The number of nitrogens with zero attached hydrogens (tertiary/aromatic N) is 2. The van der Waals surface area contributed by atoms with Gasteiger partial charge in [-0.1, -0.05) is 6.07 Å². The Labute approximate surface area is 198 Å². The van der Waals surface area contributed by atoms with Crippen LogP contribution in [0.5, 0.6) is 11.5 Å². The van der Waals surface area contributed by atoms with Gasteiger partial charge in [-0.05, 0) is 50.6 Å². The maximum atomic E-state index is 12.6. The third-order valence-corrected chi connectivity index (χ3v) is 5.72. The molecule has 3 heterocycles. The number of pyridine rings is 1. The molecule has 0 spiro atoms. The van der Waals surface area contributed by atoms with Crippen LogP contribution in [-0.2, 0) is 9.59 Å². The van der Waals surface area contributed by atoms with Gasteiger partial charge in [-0.15, -0.1) is 0 Å². The third-order valence-electron chi connectivity index (χ3n) is 5.72. The molecule has 2 aromatic rings. The van der Waals surface area contributed by atoms with Gasteiger partial charge in [0.05, 0.1) is 5.92 Å². The van der Waals surface area contributed by atoms with Crippen LogP contribution in [0.4, 0.5) is 16.3 Å². The molecule has 0 bridgehead atoms. The molecule has 2 aliphatic rings. The molecule has 0 radical (unpaired) electrons. The molecule has 10 nitrogen and oxygen atoms in total. The Morgan fingerprint density at radius 1 is 1.09 bits per heavy atom. The molecule has 34 heavy (non-hydrogen) atoms. The maximum Gasteiger partial charge on any atom is 0.325 e. The fraction of sp³-hybridized carbons (Fsp3) is 0.417. The molecule has 1 saturated heterocycles. The van der Waals surface area contributed by atoms with Gasteiger partial charge in [0.2, 0.25) is 11.8 Å². The SMILES string of the molecule is Cc1cccc(NC(=O)C2CCCN(CCC(=O)NC(=O)Nc3ccc4c(c3)OCCO4)C2)n1. The number of anilines is 2. The van der Waals surface area contributed by atoms with Crippen molar-refractivity contribution in [2.45, 2.75) is 26.2 Å². The maximum absolute atomic E-state index is 12.6. The van der Waals surface area contributed by atoms with E-state index in [1.54, 1.807) is 24.3 Å². The minimum atomic E-state index is -0.608. The Morgan fingerprint density at radius 3 is 2.74 bits per heavy atom. The zero-order chi connectivity index (χ0) is 23.9. The summed E-state index contributed by atoms with van der Waals surface area (Å²) in [6.45, 7) is 4.65. The highest BCUT2D eigenvalue weighted by Crippen LogP contribution is 2.32. The average molecular weight is 468 g/mol. The largest absolute Gasteiger partial charge is 0.486 e. The molecule has 1 atom stereocenters. The van der Waals surface area contributed by atoms with Crippen molar-refractivity contribution in [3.63, 3.8) is 0 Å². The number of hydrogen-bond donors (Lipinski definition) is 3. The molecule has 4 amide bonds. The number of urea groups is 1. The predicted molar refractivity (Wildman–Crippen MR) is 126 cm³/mol. The lowest BCUT2D eigenvalue weighted by Crippen LogP contribution is -2.43. The zero-order valence-electron chi connectivity index (χ0n) is 19.1. The van der Waals surface area contributed by atoms with E-state index in [1.165, 1.54) is 0 Å². The zero-order valence-corrected chi connectivity index (χ0v) is 19.1. The van der Waals surface area contributed by atoms with Crippen LogP contribution in [0.3, 0.4) is 0 Å². The first-order valence-electron chi connectivity index (χ1n) is 11.4. The summed E-state index contributed by atoms with van der Waals surface area (Å²) in [5.74, 6) is 1.11. The molecular weight excluding hydrogens is 438 g/mol. The van der Waals surface area contributed by atoms with Gasteiger partial charge >= 0.3 is 6.03 Å². The van der Waals surface area contributed by atoms with Crippen molar-refractivity contribution in [2.24, 2.45) is 5.92 Å². The number of aromatic nitrogens is 1. The number of hydrogen-bond acceptors (Lipinski definition) is 7. The van der Waals surface area contributed by atoms with Crippen LogP contribution in [0.15, 0.2) is 36.4 Å². The summed E-state index contributed by atoms with van der Waals surface area (Å²) >= 11 is 0. The number of benzene rings is 1. The second-order valence-electron chi connectivity index (χ2n) is 8.40. The fourth-order valence-corrected chi connectivity index (χ4v) is 4.05. The second-order valence-corrected chi connectivity index (χ2v) is 8.40. The van der Waals surface area contributed by atoms with Crippen molar-refractivity contribution < 1.29 is 23.9 Å². The van der Waals surface area contributed by atoms with Crippen molar-refractivity contribution >= 4 is 29.4 Å². The number of ether oxygens (including phenoxy) is 2. The van der Waals surface area contributed by atoms with Gasteiger partial charge < -0.3 is 25.0 Å². The summed E-state index contributed by atoms with van der Waals surface area (Å²) in [6.07, 6.45) is 1.81. The normalized spacial score (nSPS) is 17.5. The highest BCUT2D eigenvalue weighted by Gasteiger charge is 2.26. The van der Waals surface area contributed by atoms with Gasteiger partial charge in [0.1, 0.15) is 19.0 Å². The van der Waals surface area contributed by atoms with Crippen LogP contribution in [0.1, 0.15) is 25.0 Å². The van der Waals surface area contributed by atoms with E-state index in [0.29, 0.717) is 49.3 Å². The van der Waals surface area contributed by atoms with E-state index in [-0.39, 0.29) is 24.2 Å². The Kier molecular flexibility index (Phi) is 7.58. The molecule has 0 saturated carbocycles. The van der Waals surface area contributed by atoms with Crippen LogP contribution in [-0.4, -0.2) is 60.6 Å². The Hall–Kier alpha value is -3.66. The lowest BCUT2D eigenvalue weighted by Gasteiger charge is -2.31. The summed E-state index contributed by atoms with van der Waals surface area (Å²) in [5.41, 5.74) is 1.34. The topological polar surface area (TPSA) is 122 Å². The molecule has 180 valence electrons. The number of piperidine rings is 1. The molecule has 1 aromatic heterocycles. The van der Waals surface area contributed by atoms with Gasteiger partial charge in [0, 0.05) is 37.0 Å². The number of likely N-dealkylation sites (tertiary alicyclic amines) is 1. The van der Waals surface area contributed by atoms with Crippen LogP contribution in [0, 0.1) is 12.8 Å². The van der Waals surface area contributed by atoms with Gasteiger partial charge in [-0.3, -0.25) is 14.9 Å². The van der Waals surface area contributed by atoms with Crippen molar-refractivity contribution in [3.8, 4) is 11.5 Å². The fourth-order valence-electron chi connectivity index (χ4n) is 4.05. The highest BCUT2D eigenvalue weighted by molar-refractivity contribution is 6.01. The lowest BCUT2D eigenvalue weighted by molar-refractivity contribution is -0.121. The molecule has 4 rings (SSSR count). The lowest BCUT2D eigenvalue weighted by atomic mass is 9.97. The number of amides is 4. The van der Waals surface area contributed by atoms with E-state index in [9.17, 15) is 14.4 Å². The number of fused-ring (bicyclic) bond motifs is 1. The highest BCUT2D eigenvalue weighted by atomic mass is 16.6. The van der Waals surface area contributed by atoms with E-state index < -0.39 is 6.03 Å². The van der Waals surface area contributed by atoms with E-state index >= 15 is 0 Å². The Balaban J connectivity index is 1.20. The number of nitrogens with one attached hydrogen (secondary N) is 3. The number of carbonyl (C=O) groups excluding carboxylic acids is 3. The first-order valence-corrected chi connectivity index (χ1v) is 11.4. The summed E-state index contributed by atoms with van der Waals surface area (Å²) in [4.78, 5) is 43.5. The molecular formula is C24H29N5O5. The predicted octanol–water partition coefficient (Wildman–Crippen LogP) is 2.55. The number of imide groups is 1. The van der Waals surface area contributed by atoms with Crippen LogP contribution in [0.25, 0.3) is 0 Å². The van der Waals surface area contributed by atoms with Crippen LogP contribution >= 0.6 is 0 Å². The Morgan fingerprint density at radius 2 is 1.91 bits per heavy atom. The van der Waals surface area contributed by atoms with E-state index in [4.69, 9.17) is 9.47 Å². The summed E-state index contributed by atoms with van der Waals surface area (Å²) in [6, 6.07) is 9.94. The average Bonchev–Trinajstić information content (AvgIpc) is 2.83. The molecule has 10 heteroatoms. The smallest absolute Gasteiger partial charge is 0.325 e. The first kappa shape index (κ1) is 23.5. The van der Waals surface area contributed by atoms with Crippen molar-refractivity contribution in [2.75, 3.05) is 43.5 Å². The molecule has 0 aliphatic carbocycles. The number of aryl methyl sites for hydroxylation is 1. The summed E-state index contributed by atoms with van der Waals surface area (Å²) in [5, 5.41) is 7.86. The summed E-state index contributed by atoms with van der Waals surface area (Å²) < 4.78 is 10.9. The second kappa shape index (κ2) is 11.0. The quantitative estimate of drug-likeness (QED) is 0.597. The third kappa shape index (κ3) is 6.44. The van der Waals surface area contributed by atoms with Crippen molar-refractivity contribution in [1.82, 2.24) is 15.2 Å². The van der Waals surface area contributed by atoms with Gasteiger partial charge in [-0.25, -0.2) is 9.78 Å². The molecule has 1 fully saturated rings. The molecule has 3 N–H and O–H groups in total. The number of rotatable bonds is 6. The van der Waals surface area contributed by atoms with E-state index in [1.807, 2.05) is 19.1 Å². The molecule has 2 aliphatic heterocycles. The number of carbonyl (C=O) groups is 3. The van der Waals surface area contributed by atoms with Crippen LogP contribution < -0.4 is 25.4 Å². The van der Waals surface area contributed by atoms with Gasteiger partial charge in [-0.2, -0.15) is 0 Å². The first-order chi connectivity index (χ1) is 16.5. The minimum Gasteiger partial charge on any atom is -0.486 e. The monoisotopic (exact) mass is 467 g/mol.